The van der Waals surface area contributed by atoms with Gasteiger partial charge in [0.15, 0.2) is 0 Å². The smallest absolute Gasteiger partial charge is 0.253 e. The molecule has 0 saturated heterocycles. The number of nitrogens with two attached hydrogens (primary N) is 1. The topological polar surface area (TPSA) is 58.8 Å². The van der Waals surface area contributed by atoms with Crippen LogP contribution >= 0.6 is 0 Å². The van der Waals surface area contributed by atoms with Crippen LogP contribution in [0.3, 0.4) is 0 Å². The minimum absolute atomic E-state index is 0.00542. The third-order valence-electron chi connectivity index (χ3n) is 3.25. The third kappa shape index (κ3) is 6.89. The molecule has 0 radical (unpaired) electrons. The van der Waals surface area contributed by atoms with E-state index in [9.17, 15) is 4.79 Å². The Morgan fingerprint density at radius 2 is 1.79 bits per heavy atom. The van der Waals surface area contributed by atoms with Crippen molar-refractivity contribution in [3.05, 3.63) is 0 Å². The van der Waals surface area contributed by atoms with Gasteiger partial charge < -0.3 is 20.3 Å². The first-order valence-corrected chi connectivity index (χ1v) is 7.24. The van der Waals surface area contributed by atoms with Gasteiger partial charge >= 0.3 is 0 Å². The summed E-state index contributed by atoms with van der Waals surface area (Å²) in [4.78, 5) is 16.5. The van der Waals surface area contributed by atoms with Crippen molar-refractivity contribution in [1.82, 2.24) is 9.80 Å². The van der Waals surface area contributed by atoms with Gasteiger partial charge in [-0.05, 0) is 19.0 Å². The van der Waals surface area contributed by atoms with Crippen LogP contribution < -0.4 is 5.73 Å². The maximum atomic E-state index is 12.3. The van der Waals surface area contributed by atoms with Crippen LogP contribution in [0.5, 0.6) is 0 Å². The number of nitrogens with zero attached hydrogens (tertiary/aromatic N) is 2. The van der Waals surface area contributed by atoms with Crippen LogP contribution in [-0.4, -0.2) is 68.2 Å². The van der Waals surface area contributed by atoms with Crippen molar-refractivity contribution in [3.8, 4) is 0 Å². The van der Waals surface area contributed by atoms with Crippen LogP contribution in [0.15, 0.2) is 0 Å². The first kappa shape index (κ1) is 18.4. The Hall–Kier alpha value is -0.650. The van der Waals surface area contributed by atoms with Gasteiger partial charge in [-0.3, -0.25) is 4.79 Å². The fraction of sp³-hybridized carbons (Fsp3) is 0.929. The summed E-state index contributed by atoms with van der Waals surface area (Å²) in [5.74, 6) is 0.446. The Morgan fingerprint density at radius 3 is 2.16 bits per heavy atom. The van der Waals surface area contributed by atoms with E-state index in [1.54, 1.807) is 0 Å². The molecule has 0 aliphatic rings. The van der Waals surface area contributed by atoms with Gasteiger partial charge in [-0.15, -0.1) is 0 Å². The molecule has 1 atom stereocenters. The molecule has 0 aliphatic heterocycles. The molecule has 0 aromatic heterocycles. The minimum Gasteiger partial charge on any atom is -0.370 e. The molecule has 5 nitrogen and oxygen atoms in total. The van der Waals surface area contributed by atoms with Gasteiger partial charge in [0.25, 0.3) is 5.91 Å². The number of hydrogen-bond donors (Lipinski definition) is 1. The number of hydrogen-bond acceptors (Lipinski definition) is 4. The molecule has 0 spiro atoms. The fourth-order valence-corrected chi connectivity index (χ4v) is 2.04. The zero-order valence-corrected chi connectivity index (χ0v) is 13.2. The van der Waals surface area contributed by atoms with E-state index in [2.05, 4.69) is 32.6 Å². The molecule has 0 aromatic carbocycles. The van der Waals surface area contributed by atoms with Crippen molar-refractivity contribution in [1.29, 1.82) is 0 Å². The predicted molar refractivity (Wildman–Crippen MR) is 79.1 cm³/mol. The number of amides is 1. The second kappa shape index (κ2) is 10.2. The second-order valence-corrected chi connectivity index (χ2v) is 5.17. The van der Waals surface area contributed by atoms with Gasteiger partial charge in [-0.25, -0.2) is 0 Å². The predicted octanol–water partition coefficient (Wildman–Crippen LogP) is 0.787. The van der Waals surface area contributed by atoms with Crippen LogP contribution in [-0.2, 0) is 9.53 Å². The molecule has 0 heterocycles. The van der Waals surface area contributed by atoms with E-state index >= 15 is 0 Å². The van der Waals surface area contributed by atoms with Gasteiger partial charge in [0.1, 0.15) is 6.10 Å². The summed E-state index contributed by atoms with van der Waals surface area (Å²) < 4.78 is 5.15. The number of carbonyl (C=O) groups is 1. The van der Waals surface area contributed by atoms with E-state index in [1.165, 1.54) is 7.11 Å². The van der Waals surface area contributed by atoms with Crippen molar-refractivity contribution >= 4 is 5.91 Å². The monoisotopic (exact) mass is 273 g/mol. The summed E-state index contributed by atoms with van der Waals surface area (Å²) >= 11 is 0. The summed E-state index contributed by atoms with van der Waals surface area (Å²) in [7, 11) is 1.54. The Balaban J connectivity index is 4.57. The zero-order chi connectivity index (χ0) is 14.8. The van der Waals surface area contributed by atoms with E-state index in [0.29, 0.717) is 5.92 Å². The Bertz CT molecular complexity index is 239. The van der Waals surface area contributed by atoms with Crippen molar-refractivity contribution in [3.63, 3.8) is 0 Å². The number of carbonyl (C=O) groups excluding carboxylic acids is 1. The van der Waals surface area contributed by atoms with Crippen molar-refractivity contribution in [2.24, 2.45) is 11.7 Å². The lowest BCUT2D eigenvalue weighted by Crippen LogP contribution is -2.47. The average molecular weight is 273 g/mol. The van der Waals surface area contributed by atoms with Crippen LogP contribution in [0.1, 0.15) is 27.7 Å². The van der Waals surface area contributed by atoms with E-state index in [-0.39, 0.29) is 12.5 Å². The lowest BCUT2D eigenvalue weighted by atomic mass is 10.2. The number of likely N-dealkylation sites (N-methyl/N-ethyl adjacent to an activating group) is 1. The molecule has 0 rings (SSSR count). The first-order chi connectivity index (χ1) is 8.99. The molecule has 0 bridgehead atoms. The van der Waals surface area contributed by atoms with Crippen molar-refractivity contribution < 1.29 is 9.53 Å². The van der Waals surface area contributed by atoms with Crippen LogP contribution in [0, 0.1) is 5.92 Å². The highest BCUT2D eigenvalue weighted by Gasteiger charge is 2.23. The molecule has 0 fully saturated rings. The average Bonchev–Trinajstić information content (AvgIpc) is 2.39. The van der Waals surface area contributed by atoms with E-state index in [4.69, 9.17) is 10.5 Å². The van der Waals surface area contributed by atoms with Gasteiger partial charge in [0.2, 0.25) is 0 Å². The van der Waals surface area contributed by atoms with Crippen LogP contribution in [0.4, 0.5) is 0 Å². The Labute approximate surface area is 118 Å². The van der Waals surface area contributed by atoms with Crippen molar-refractivity contribution in [2.75, 3.05) is 46.4 Å². The number of methoxy groups -OCH3 is 1. The van der Waals surface area contributed by atoms with Gasteiger partial charge in [0.05, 0.1) is 0 Å². The van der Waals surface area contributed by atoms with E-state index < -0.39 is 6.10 Å². The molecular weight excluding hydrogens is 242 g/mol. The first-order valence-electron chi connectivity index (χ1n) is 7.24. The summed E-state index contributed by atoms with van der Waals surface area (Å²) in [6, 6.07) is 0. The summed E-state index contributed by atoms with van der Waals surface area (Å²) in [5, 5.41) is 0. The maximum Gasteiger partial charge on any atom is 0.253 e. The fourth-order valence-electron chi connectivity index (χ4n) is 2.04. The normalized spacial score (nSPS) is 13.1. The minimum atomic E-state index is -0.518. The highest BCUT2D eigenvalue weighted by Crippen LogP contribution is 2.04. The van der Waals surface area contributed by atoms with Crippen molar-refractivity contribution in [2.45, 2.75) is 33.8 Å². The third-order valence-corrected chi connectivity index (χ3v) is 3.25. The zero-order valence-electron chi connectivity index (χ0n) is 13.2. The number of rotatable bonds is 10. The van der Waals surface area contributed by atoms with E-state index in [0.717, 1.165) is 32.7 Å². The standard InChI is InChI=1S/C14H31N3O2/c1-6-16(7-2)8-9-17(11-12(3)4)14(18)13(10-15)19-5/h12-13H,6-11,15H2,1-5H3. The highest BCUT2D eigenvalue weighted by molar-refractivity contribution is 5.81. The SMILES string of the molecule is CCN(CC)CCN(CC(C)C)C(=O)C(CN)OC. The molecule has 114 valence electrons. The summed E-state index contributed by atoms with van der Waals surface area (Å²) in [6.07, 6.45) is -0.518. The lowest BCUT2D eigenvalue weighted by molar-refractivity contribution is -0.142. The van der Waals surface area contributed by atoms with Crippen LogP contribution in [0.25, 0.3) is 0 Å². The Morgan fingerprint density at radius 1 is 1.21 bits per heavy atom. The molecule has 2 N–H and O–H groups in total. The quantitative estimate of drug-likeness (QED) is 0.639. The summed E-state index contributed by atoms with van der Waals surface area (Å²) in [6.45, 7) is 13.1. The number of ether oxygens (including phenoxy) is 1. The molecule has 5 heteroatoms. The summed E-state index contributed by atoms with van der Waals surface area (Å²) in [5.41, 5.74) is 5.58. The molecule has 0 saturated carbocycles. The lowest BCUT2D eigenvalue weighted by Gasteiger charge is -2.30. The molecule has 1 unspecified atom stereocenters. The molecular formula is C14H31N3O2. The molecule has 1 amide bonds. The molecule has 19 heavy (non-hydrogen) atoms. The highest BCUT2D eigenvalue weighted by atomic mass is 16.5. The van der Waals surface area contributed by atoms with Gasteiger partial charge in [-0.2, -0.15) is 0 Å². The van der Waals surface area contributed by atoms with Gasteiger partial charge in [-0.1, -0.05) is 27.7 Å². The largest absolute Gasteiger partial charge is 0.370 e. The molecule has 0 aromatic rings. The Kier molecular flexibility index (Phi) is 9.83. The van der Waals surface area contributed by atoms with E-state index in [1.807, 2.05) is 4.90 Å². The van der Waals surface area contributed by atoms with Crippen LogP contribution in [0.2, 0.25) is 0 Å². The second-order valence-electron chi connectivity index (χ2n) is 5.17. The maximum absolute atomic E-state index is 12.3. The molecule has 0 aliphatic carbocycles. The van der Waals surface area contributed by atoms with Gasteiger partial charge in [0, 0.05) is 33.3 Å².